The molecule has 23 heavy (non-hydrogen) atoms. The van der Waals surface area contributed by atoms with Gasteiger partial charge in [-0.2, -0.15) is 0 Å². The zero-order valence-electron chi connectivity index (χ0n) is 14.7. The molecule has 0 bridgehead atoms. The topological polar surface area (TPSA) is 41.6 Å². The van der Waals surface area contributed by atoms with Crippen molar-refractivity contribution in [1.82, 2.24) is 10.2 Å². The van der Waals surface area contributed by atoms with Crippen LogP contribution in [0.15, 0.2) is 18.2 Å². The second kappa shape index (κ2) is 8.92. The van der Waals surface area contributed by atoms with E-state index in [1.165, 1.54) is 11.1 Å². The normalized spacial score (nSPS) is 15.4. The highest BCUT2D eigenvalue weighted by molar-refractivity contribution is 5.71. The lowest BCUT2D eigenvalue weighted by Crippen LogP contribution is -2.33. The number of hydrogen-bond donors (Lipinski definition) is 1. The molecule has 1 fully saturated rings. The van der Waals surface area contributed by atoms with Gasteiger partial charge in [-0.25, -0.2) is 4.79 Å². The predicted octanol–water partition coefficient (Wildman–Crippen LogP) is 3.95. The van der Waals surface area contributed by atoms with Crippen molar-refractivity contribution in [2.45, 2.75) is 52.4 Å². The number of amides is 1. The first-order chi connectivity index (χ1) is 11.2. The van der Waals surface area contributed by atoms with Gasteiger partial charge in [-0.15, -0.1) is 0 Å². The minimum atomic E-state index is -0.237. The lowest BCUT2D eigenvalue weighted by atomic mass is 9.85. The zero-order valence-corrected chi connectivity index (χ0v) is 14.7. The van der Waals surface area contributed by atoms with Crippen LogP contribution in [0.4, 0.5) is 4.79 Å². The molecule has 0 atom stereocenters. The van der Waals surface area contributed by atoms with E-state index in [1.807, 2.05) is 26.0 Å². The van der Waals surface area contributed by atoms with E-state index < -0.39 is 0 Å². The van der Waals surface area contributed by atoms with Crippen LogP contribution in [0.3, 0.4) is 0 Å². The first kappa shape index (κ1) is 17.8. The lowest BCUT2D eigenvalue weighted by molar-refractivity contribution is 0.156. The Bertz CT molecular complexity index is 506. The maximum Gasteiger partial charge on any atom is 0.415 e. The molecule has 1 saturated heterocycles. The number of nitrogens with zero attached hydrogens (tertiary/aromatic N) is 1. The quantitative estimate of drug-likeness (QED) is 0.863. The van der Waals surface area contributed by atoms with Gasteiger partial charge in [0.25, 0.3) is 0 Å². The molecule has 0 aromatic heterocycles. The molecule has 1 aliphatic rings. The van der Waals surface area contributed by atoms with Crippen LogP contribution in [0.2, 0.25) is 0 Å². The van der Waals surface area contributed by atoms with Gasteiger partial charge >= 0.3 is 6.09 Å². The molecule has 1 aromatic rings. The van der Waals surface area contributed by atoms with Crippen LogP contribution in [0.25, 0.3) is 0 Å². The molecule has 0 spiro atoms. The van der Waals surface area contributed by atoms with Crippen molar-refractivity contribution in [3.8, 4) is 5.75 Å². The number of ether oxygens (including phenoxy) is 1. The van der Waals surface area contributed by atoms with Crippen LogP contribution >= 0.6 is 0 Å². The van der Waals surface area contributed by atoms with Gasteiger partial charge in [-0.3, -0.25) is 0 Å². The molecule has 128 valence electrons. The third-order valence-electron chi connectivity index (χ3n) is 4.64. The molecule has 4 heteroatoms. The van der Waals surface area contributed by atoms with Gasteiger partial charge in [-0.05, 0) is 63.7 Å². The fourth-order valence-corrected chi connectivity index (χ4v) is 3.38. The minimum Gasteiger partial charge on any atom is -0.410 e. The van der Waals surface area contributed by atoms with E-state index in [-0.39, 0.29) is 6.09 Å². The van der Waals surface area contributed by atoms with E-state index in [9.17, 15) is 4.79 Å². The average Bonchev–Trinajstić information content (AvgIpc) is 2.57. The number of nitrogens with one attached hydrogen (secondary N) is 1. The average molecular weight is 318 g/mol. The maximum absolute atomic E-state index is 12.4. The summed E-state index contributed by atoms with van der Waals surface area (Å²) in [6.07, 6.45) is 4.12. The Morgan fingerprint density at radius 2 is 1.91 bits per heavy atom. The summed E-state index contributed by atoms with van der Waals surface area (Å²) in [5, 5.41) is 3.42. The van der Waals surface area contributed by atoms with E-state index >= 15 is 0 Å². The molecule has 1 amide bonds. The van der Waals surface area contributed by atoms with Gasteiger partial charge < -0.3 is 15.0 Å². The molecule has 0 saturated carbocycles. The van der Waals surface area contributed by atoms with E-state index in [1.54, 1.807) is 4.90 Å². The summed E-state index contributed by atoms with van der Waals surface area (Å²) in [5.41, 5.74) is 2.60. The number of aryl methyl sites for hydroxylation is 1. The number of carbonyl (C=O) groups is 1. The maximum atomic E-state index is 12.4. The zero-order chi connectivity index (χ0) is 16.7. The molecule has 0 unspecified atom stereocenters. The van der Waals surface area contributed by atoms with Crippen molar-refractivity contribution >= 4 is 6.09 Å². The molecule has 2 rings (SSSR count). The van der Waals surface area contributed by atoms with Crippen LogP contribution in [-0.4, -0.2) is 37.2 Å². The molecule has 1 heterocycles. The van der Waals surface area contributed by atoms with Crippen LogP contribution in [-0.2, 0) is 6.42 Å². The van der Waals surface area contributed by atoms with Gasteiger partial charge in [0, 0.05) is 18.7 Å². The van der Waals surface area contributed by atoms with Crippen LogP contribution in [0.1, 0.15) is 57.1 Å². The standard InChI is InChI=1S/C19H30N2O2/c1-4-8-15-9-7-10-17(23-19(22)21(5-2)6-3)18(15)16-11-13-20-14-12-16/h7,9-10,16,20H,4-6,8,11-14H2,1-3H3. The van der Waals surface area contributed by atoms with Crippen molar-refractivity contribution in [3.63, 3.8) is 0 Å². The predicted molar refractivity (Wildman–Crippen MR) is 94.2 cm³/mol. The van der Waals surface area contributed by atoms with Crippen molar-refractivity contribution in [2.75, 3.05) is 26.2 Å². The number of carbonyl (C=O) groups excluding carboxylic acids is 1. The summed E-state index contributed by atoms with van der Waals surface area (Å²) >= 11 is 0. The van der Waals surface area contributed by atoms with Crippen molar-refractivity contribution in [3.05, 3.63) is 29.3 Å². The molecule has 4 nitrogen and oxygen atoms in total. The van der Waals surface area contributed by atoms with Gasteiger partial charge in [0.15, 0.2) is 0 Å². The monoisotopic (exact) mass is 318 g/mol. The second-order valence-electron chi connectivity index (χ2n) is 6.14. The molecule has 1 aromatic carbocycles. The van der Waals surface area contributed by atoms with E-state index in [2.05, 4.69) is 18.3 Å². The van der Waals surface area contributed by atoms with Gasteiger partial charge in [0.2, 0.25) is 0 Å². The summed E-state index contributed by atoms with van der Waals surface area (Å²) in [6.45, 7) is 9.57. The summed E-state index contributed by atoms with van der Waals surface area (Å²) in [5.74, 6) is 1.25. The molecular weight excluding hydrogens is 288 g/mol. The summed E-state index contributed by atoms with van der Waals surface area (Å²) in [4.78, 5) is 14.1. The number of piperidine rings is 1. The molecular formula is C19H30N2O2. The Kier molecular flexibility index (Phi) is 6.90. The Balaban J connectivity index is 2.29. The molecule has 0 radical (unpaired) electrons. The third kappa shape index (κ3) is 4.47. The molecule has 0 aliphatic carbocycles. The number of hydrogen-bond acceptors (Lipinski definition) is 3. The molecule has 1 aliphatic heterocycles. The van der Waals surface area contributed by atoms with Crippen molar-refractivity contribution < 1.29 is 9.53 Å². The highest BCUT2D eigenvalue weighted by Crippen LogP contribution is 2.36. The first-order valence-electron chi connectivity index (χ1n) is 9.00. The Hall–Kier alpha value is -1.55. The SMILES string of the molecule is CCCc1cccc(OC(=O)N(CC)CC)c1C1CCNCC1. The molecule has 1 N–H and O–H groups in total. The summed E-state index contributed by atoms with van der Waals surface area (Å²) < 4.78 is 5.80. The first-order valence-corrected chi connectivity index (χ1v) is 9.00. The number of rotatable bonds is 6. The third-order valence-corrected chi connectivity index (χ3v) is 4.64. The van der Waals surface area contributed by atoms with E-state index in [0.717, 1.165) is 44.5 Å². The Labute approximate surface area is 140 Å². The van der Waals surface area contributed by atoms with Crippen molar-refractivity contribution in [1.29, 1.82) is 0 Å². The van der Waals surface area contributed by atoms with Gasteiger partial charge in [0.05, 0.1) is 0 Å². The lowest BCUT2D eigenvalue weighted by Gasteiger charge is -2.28. The second-order valence-corrected chi connectivity index (χ2v) is 6.14. The fraction of sp³-hybridized carbons (Fsp3) is 0.632. The Morgan fingerprint density at radius 1 is 1.22 bits per heavy atom. The summed E-state index contributed by atoms with van der Waals surface area (Å²) in [6, 6.07) is 6.16. The van der Waals surface area contributed by atoms with Crippen LogP contribution in [0.5, 0.6) is 5.75 Å². The minimum absolute atomic E-state index is 0.237. The van der Waals surface area contributed by atoms with Gasteiger partial charge in [0.1, 0.15) is 5.75 Å². The van der Waals surface area contributed by atoms with E-state index in [4.69, 9.17) is 4.74 Å². The smallest absolute Gasteiger partial charge is 0.410 e. The highest BCUT2D eigenvalue weighted by atomic mass is 16.6. The van der Waals surface area contributed by atoms with E-state index in [0.29, 0.717) is 19.0 Å². The highest BCUT2D eigenvalue weighted by Gasteiger charge is 2.24. The fourth-order valence-electron chi connectivity index (χ4n) is 3.38. The van der Waals surface area contributed by atoms with Crippen LogP contribution < -0.4 is 10.1 Å². The van der Waals surface area contributed by atoms with Crippen molar-refractivity contribution in [2.24, 2.45) is 0 Å². The Morgan fingerprint density at radius 3 is 2.52 bits per heavy atom. The van der Waals surface area contributed by atoms with Crippen LogP contribution in [0, 0.1) is 0 Å². The number of benzene rings is 1. The largest absolute Gasteiger partial charge is 0.415 e. The summed E-state index contributed by atoms with van der Waals surface area (Å²) in [7, 11) is 0. The van der Waals surface area contributed by atoms with Gasteiger partial charge in [-0.1, -0.05) is 25.5 Å².